The van der Waals surface area contributed by atoms with Crippen molar-refractivity contribution in [3.05, 3.63) is 0 Å². The molecule has 0 radical (unpaired) electrons. The summed E-state index contributed by atoms with van der Waals surface area (Å²) in [5.74, 6) is 1.56. The quantitative estimate of drug-likeness (QED) is 0.689. The fourth-order valence-corrected chi connectivity index (χ4v) is 2.94. The second kappa shape index (κ2) is 8.81. The van der Waals surface area contributed by atoms with Crippen LogP contribution in [0.1, 0.15) is 46.0 Å². The third kappa shape index (κ3) is 5.61. The minimum Gasteiger partial charge on any atom is -0.341 e. The van der Waals surface area contributed by atoms with Crippen LogP contribution in [0.3, 0.4) is 0 Å². The predicted molar refractivity (Wildman–Crippen MR) is 80.1 cm³/mol. The maximum atomic E-state index is 12.2. The van der Waals surface area contributed by atoms with E-state index in [1.807, 2.05) is 11.8 Å². The highest BCUT2D eigenvalue weighted by Gasteiger charge is 2.28. The first-order valence-electron chi connectivity index (χ1n) is 7.19. The number of nitrogens with one attached hydrogen (secondary N) is 1. The Morgan fingerprint density at radius 1 is 1.39 bits per heavy atom. The second-order valence-electron chi connectivity index (χ2n) is 5.39. The van der Waals surface area contributed by atoms with Crippen LogP contribution >= 0.6 is 11.8 Å². The minimum absolute atomic E-state index is 0.0601. The van der Waals surface area contributed by atoms with Crippen LogP contribution in [0.2, 0.25) is 0 Å². The Kier molecular flexibility index (Phi) is 7.75. The number of hydrogen-bond donors (Lipinski definition) is 1. The minimum atomic E-state index is 0.0601. The van der Waals surface area contributed by atoms with Crippen molar-refractivity contribution in [1.82, 2.24) is 10.2 Å². The Hall–Kier alpha value is -0.220. The van der Waals surface area contributed by atoms with Crippen molar-refractivity contribution in [2.45, 2.75) is 58.0 Å². The lowest BCUT2D eigenvalue weighted by Crippen LogP contribution is -2.52. The number of hydrogen-bond acceptors (Lipinski definition) is 3. The summed E-state index contributed by atoms with van der Waals surface area (Å²) < 4.78 is 0. The van der Waals surface area contributed by atoms with Gasteiger partial charge in [0.05, 0.1) is 6.04 Å². The normalized spacial score (nSPS) is 20.8. The first kappa shape index (κ1) is 15.8. The van der Waals surface area contributed by atoms with Crippen molar-refractivity contribution in [3.63, 3.8) is 0 Å². The van der Waals surface area contributed by atoms with E-state index in [9.17, 15) is 4.79 Å². The van der Waals surface area contributed by atoms with E-state index in [0.717, 1.165) is 32.4 Å². The monoisotopic (exact) mass is 272 g/mol. The molecule has 106 valence electrons. The van der Waals surface area contributed by atoms with Crippen LogP contribution in [0.5, 0.6) is 0 Å². The maximum Gasteiger partial charge on any atom is 0.239 e. The van der Waals surface area contributed by atoms with E-state index in [-0.39, 0.29) is 6.04 Å². The fourth-order valence-electron chi connectivity index (χ4n) is 2.45. The Morgan fingerprint density at radius 3 is 2.83 bits per heavy atom. The summed E-state index contributed by atoms with van der Waals surface area (Å²) in [4.78, 5) is 14.3. The average molecular weight is 272 g/mol. The summed E-state index contributed by atoms with van der Waals surface area (Å²) in [6.07, 6.45) is 7.96. The lowest BCUT2D eigenvalue weighted by Gasteiger charge is -2.33. The molecule has 1 rings (SSSR count). The van der Waals surface area contributed by atoms with Crippen LogP contribution in [-0.4, -0.2) is 48.0 Å². The first-order chi connectivity index (χ1) is 8.65. The van der Waals surface area contributed by atoms with Gasteiger partial charge in [-0.05, 0) is 37.7 Å². The second-order valence-corrected chi connectivity index (χ2v) is 6.38. The van der Waals surface area contributed by atoms with Gasteiger partial charge in [0, 0.05) is 19.1 Å². The molecule has 0 aromatic carbocycles. The van der Waals surface area contributed by atoms with Crippen LogP contribution in [0.4, 0.5) is 0 Å². The van der Waals surface area contributed by atoms with Gasteiger partial charge in [-0.1, -0.05) is 20.3 Å². The molecule has 1 saturated heterocycles. The molecule has 3 nitrogen and oxygen atoms in total. The maximum absolute atomic E-state index is 12.2. The number of carbonyl (C=O) groups excluding carboxylic acids is 1. The van der Waals surface area contributed by atoms with Gasteiger partial charge in [-0.25, -0.2) is 0 Å². The molecule has 0 aromatic heterocycles. The number of amides is 1. The fraction of sp³-hybridized carbons (Fsp3) is 0.929. The molecule has 1 atom stereocenters. The van der Waals surface area contributed by atoms with E-state index in [1.54, 1.807) is 0 Å². The number of rotatable bonds is 8. The zero-order valence-electron chi connectivity index (χ0n) is 12.1. The van der Waals surface area contributed by atoms with E-state index in [2.05, 4.69) is 30.3 Å². The van der Waals surface area contributed by atoms with E-state index in [4.69, 9.17) is 0 Å². The molecule has 0 aliphatic carbocycles. The van der Waals surface area contributed by atoms with Crippen LogP contribution in [0, 0.1) is 0 Å². The van der Waals surface area contributed by atoms with E-state index in [1.165, 1.54) is 18.6 Å². The third-order valence-corrected chi connectivity index (χ3v) is 4.04. The number of piperidine rings is 1. The zero-order valence-corrected chi connectivity index (χ0v) is 12.9. The summed E-state index contributed by atoms with van der Waals surface area (Å²) >= 11 is 1.90. The topological polar surface area (TPSA) is 32.3 Å². The Labute approximate surface area is 116 Å². The molecule has 1 aliphatic heterocycles. The largest absolute Gasteiger partial charge is 0.341 e. The Balaban J connectivity index is 2.25. The summed E-state index contributed by atoms with van der Waals surface area (Å²) in [7, 11) is 0. The third-order valence-electron chi connectivity index (χ3n) is 3.34. The molecule has 1 unspecified atom stereocenters. The van der Waals surface area contributed by atoms with Crippen molar-refractivity contribution in [2.75, 3.05) is 25.1 Å². The molecular formula is C14H28N2OS. The van der Waals surface area contributed by atoms with Gasteiger partial charge in [-0.2, -0.15) is 11.8 Å². The van der Waals surface area contributed by atoms with Gasteiger partial charge in [0.15, 0.2) is 0 Å². The van der Waals surface area contributed by atoms with Gasteiger partial charge in [0.1, 0.15) is 0 Å². The van der Waals surface area contributed by atoms with E-state index in [0.29, 0.717) is 11.9 Å². The Morgan fingerprint density at radius 2 is 2.17 bits per heavy atom. The summed E-state index contributed by atoms with van der Waals surface area (Å²) in [6, 6.07) is 0.449. The zero-order chi connectivity index (χ0) is 13.4. The molecule has 0 bridgehead atoms. The standard InChI is InChI=1S/C14H28N2OS/c1-12(2)15-13-8-7-10-16(14(13)17)9-5-4-6-11-18-3/h12-13,15H,4-11H2,1-3H3. The number of carbonyl (C=O) groups is 1. The van der Waals surface area contributed by atoms with Crippen LogP contribution in [-0.2, 0) is 4.79 Å². The number of nitrogens with zero attached hydrogens (tertiary/aromatic N) is 1. The van der Waals surface area contributed by atoms with Gasteiger partial charge in [0.2, 0.25) is 5.91 Å². The van der Waals surface area contributed by atoms with Crippen molar-refractivity contribution in [2.24, 2.45) is 0 Å². The molecule has 1 aliphatic rings. The van der Waals surface area contributed by atoms with Gasteiger partial charge >= 0.3 is 0 Å². The van der Waals surface area contributed by atoms with Crippen molar-refractivity contribution >= 4 is 17.7 Å². The molecule has 1 fully saturated rings. The predicted octanol–water partition coefficient (Wildman–Crippen LogP) is 2.51. The van der Waals surface area contributed by atoms with Crippen molar-refractivity contribution in [1.29, 1.82) is 0 Å². The van der Waals surface area contributed by atoms with Gasteiger partial charge in [-0.15, -0.1) is 0 Å². The molecular weight excluding hydrogens is 244 g/mol. The van der Waals surface area contributed by atoms with Crippen molar-refractivity contribution < 1.29 is 4.79 Å². The molecule has 1 N–H and O–H groups in total. The molecule has 1 amide bonds. The van der Waals surface area contributed by atoms with Gasteiger partial charge in [-0.3, -0.25) is 4.79 Å². The molecule has 0 spiro atoms. The number of likely N-dealkylation sites (tertiary alicyclic amines) is 1. The number of unbranched alkanes of at least 4 members (excludes halogenated alkanes) is 2. The summed E-state index contributed by atoms with van der Waals surface area (Å²) in [5.41, 5.74) is 0. The lowest BCUT2D eigenvalue weighted by molar-refractivity contribution is -0.136. The van der Waals surface area contributed by atoms with Gasteiger partial charge in [0.25, 0.3) is 0 Å². The highest BCUT2D eigenvalue weighted by atomic mass is 32.2. The van der Waals surface area contributed by atoms with Crippen molar-refractivity contribution in [3.8, 4) is 0 Å². The Bertz CT molecular complexity index is 246. The average Bonchev–Trinajstić information content (AvgIpc) is 2.33. The SMILES string of the molecule is CSCCCCCN1CCCC(NC(C)C)C1=O. The summed E-state index contributed by atoms with van der Waals surface area (Å²) in [5, 5.41) is 3.38. The lowest BCUT2D eigenvalue weighted by atomic mass is 10.0. The van der Waals surface area contributed by atoms with E-state index < -0.39 is 0 Å². The number of thioether (sulfide) groups is 1. The smallest absolute Gasteiger partial charge is 0.239 e. The molecule has 4 heteroatoms. The molecule has 18 heavy (non-hydrogen) atoms. The van der Waals surface area contributed by atoms with E-state index >= 15 is 0 Å². The highest BCUT2D eigenvalue weighted by Crippen LogP contribution is 2.14. The highest BCUT2D eigenvalue weighted by molar-refractivity contribution is 7.98. The summed E-state index contributed by atoms with van der Waals surface area (Å²) in [6.45, 7) is 6.12. The van der Waals surface area contributed by atoms with Crippen LogP contribution < -0.4 is 5.32 Å². The molecule has 1 heterocycles. The van der Waals surface area contributed by atoms with Gasteiger partial charge < -0.3 is 10.2 Å². The van der Waals surface area contributed by atoms with Crippen LogP contribution in [0.15, 0.2) is 0 Å². The van der Waals surface area contributed by atoms with Crippen LogP contribution in [0.25, 0.3) is 0 Å². The molecule has 0 aromatic rings. The first-order valence-corrected chi connectivity index (χ1v) is 8.58. The molecule has 0 saturated carbocycles.